The molecule has 0 spiro atoms. The predicted octanol–water partition coefficient (Wildman–Crippen LogP) is 4.23. The molecule has 2 saturated heterocycles. The average Bonchev–Trinajstić information content (AvgIpc) is 3.20. The van der Waals surface area contributed by atoms with Crippen LogP contribution in [0.1, 0.15) is 45.1 Å². The molecule has 0 saturated carbocycles. The summed E-state index contributed by atoms with van der Waals surface area (Å²) in [5, 5.41) is 0. The normalized spacial score (nSPS) is 28.9. The molecular formula is C26H36N2O5. The molecule has 33 heavy (non-hydrogen) atoms. The molecule has 7 nitrogen and oxygen atoms in total. The molecule has 2 fully saturated rings. The summed E-state index contributed by atoms with van der Waals surface area (Å²) in [7, 11) is 4.71. The number of carbonyl (C=O) groups is 1. The summed E-state index contributed by atoms with van der Waals surface area (Å²) in [5.74, 6) is 0.865. The largest absolute Gasteiger partial charge is 0.504 e. The maximum Gasteiger partial charge on any atom is 0.337 e. The van der Waals surface area contributed by atoms with Gasteiger partial charge in [-0.2, -0.15) is 0 Å². The number of piperidine rings is 2. The minimum Gasteiger partial charge on any atom is -0.504 e. The lowest BCUT2D eigenvalue weighted by Crippen LogP contribution is -2.61. The predicted molar refractivity (Wildman–Crippen MR) is 127 cm³/mol. The lowest BCUT2D eigenvalue weighted by atomic mass is 9.70. The molecule has 0 bridgehead atoms. The van der Waals surface area contributed by atoms with E-state index in [2.05, 4.69) is 18.7 Å². The van der Waals surface area contributed by atoms with Crippen molar-refractivity contribution in [3.05, 3.63) is 35.6 Å². The Morgan fingerprint density at radius 2 is 2.09 bits per heavy atom. The van der Waals surface area contributed by atoms with Gasteiger partial charge in [-0.3, -0.25) is 9.89 Å². The number of ether oxygens (including phenoxy) is 4. The summed E-state index contributed by atoms with van der Waals surface area (Å²) < 4.78 is 22.8. The molecule has 3 aliphatic rings. The summed E-state index contributed by atoms with van der Waals surface area (Å²) in [6.07, 6.45) is 5.08. The van der Waals surface area contributed by atoms with E-state index in [0.717, 1.165) is 61.5 Å². The summed E-state index contributed by atoms with van der Waals surface area (Å²) >= 11 is 0. The van der Waals surface area contributed by atoms with E-state index >= 15 is 0 Å². The van der Waals surface area contributed by atoms with Crippen molar-refractivity contribution < 1.29 is 23.7 Å². The van der Waals surface area contributed by atoms with Gasteiger partial charge in [0.05, 0.1) is 56.2 Å². The highest BCUT2D eigenvalue weighted by Gasteiger charge is 2.56. The van der Waals surface area contributed by atoms with Crippen LogP contribution in [0, 0.1) is 11.8 Å². The zero-order valence-electron chi connectivity index (χ0n) is 20.4. The lowest BCUT2D eigenvalue weighted by Gasteiger charge is -2.51. The third kappa shape index (κ3) is 3.95. The maximum absolute atomic E-state index is 12.7. The van der Waals surface area contributed by atoms with E-state index in [9.17, 15) is 4.79 Å². The molecular weight excluding hydrogens is 420 g/mol. The van der Waals surface area contributed by atoms with Crippen molar-refractivity contribution in [2.45, 2.75) is 51.2 Å². The van der Waals surface area contributed by atoms with Crippen LogP contribution in [0.2, 0.25) is 0 Å². The van der Waals surface area contributed by atoms with Crippen LogP contribution < -0.4 is 4.74 Å². The van der Waals surface area contributed by atoms with Gasteiger partial charge in [-0.25, -0.2) is 4.79 Å². The van der Waals surface area contributed by atoms with E-state index in [1.54, 1.807) is 20.5 Å². The van der Waals surface area contributed by atoms with Gasteiger partial charge >= 0.3 is 5.97 Å². The molecule has 0 aromatic heterocycles. The summed E-state index contributed by atoms with van der Waals surface area (Å²) in [5.41, 5.74) is 3.04. The second-order valence-electron chi connectivity index (χ2n) is 9.10. The van der Waals surface area contributed by atoms with Gasteiger partial charge in [-0.15, -0.1) is 0 Å². The Labute approximate surface area is 196 Å². The average molecular weight is 457 g/mol. The van der Waals surface area contributed by atoms with Gasteiger partial charge in [0, 0.05) is 19.7 Å². The molecule has 3 heterocycles. The van der Waals surface area contributed by atoms with Crippen molar-refractivity contribution in [2.75, 3.05) is 41.0 Å². The molecule has 1 aromatic rings. The van der Waals surface area contributed by atoms with Crippen LogP contribution in [0.5, 0.6) is 5.75 Å². The Morgan fingerprint density at radius 1 is 1.27 bits per heavy atom. The van der Waals surface area contributed by atoms with Crippen LogP contribution in [0.15, 0.2) is 35.0 Å². The first kappa shape index (κ1) is 23.8. The standard InChI is InChI=1S/C26H36N2O5/c1-6-13-33-26-11-12-28-15-17(7-2)18(19(16-30-3)25(29)32-5)14-21(28)24(26)27-20-9-8-10-22(31-4)23(20)26/h8-10,16-18,21H,6-7,11-15H2,1-5H3/b19-16+/t17-,18+,21+,26+/m1/s1. The van der Waals surface area contributed by atoms with Crippen LogP contribution >= 0.6 is 0 Å². The molecule has 0 aliphatic carbocycles. The van der Waals surface area contributed by atoms with Crippen molar-refractivity contribution in [3.8, 4) is 5.75 Å². The molecule has 7 heteroatoms. The highest BCUT2D eigenvalue weighted by atomic mass is 16.5. The second-order valence-corrected chi connectivity index (χ2v) is 9.10. The van der Waals surface area contributed by atoms with E-state index < -0.39 is 5.60 Å². The lowest BCUT2D eigenvalue weighted by molar-refractivity contribution is -0.137. The van der Waals surface area contributed by atoms with Crippen molar-refractivity contribution in [3.63, 3.8) is 0 Å². The fourth-order valence-electron chi connectivity index (χ4n) is 5.92. The van der Waals surface area contributed by atoms with Gasteiger partial charge in [0.1, 0.15) is 11.4 Å². The van der Waals surface area contributed by atoms with Gasteiger partial charge in [0.2, 0.25) is 0 Å². The van der Waals surface area contributed by atoms with Crippen LogP contribution in [0.3, 0.4) is 0 Å². The first-order valence-electron chi connectivity index (χ1n) is 12.0. The van der Waals surface area contributed by atoms with Gasteiger partial charge in [0.25, 0.3) is 0 Å². The Balaban J connectivity index is 1.76. The first-order chi connectivity index (χ1) is 16.0. The SMILES string of the molecule is CCCO[C@]12CCN3C[C@@H](CC)[C@@H](/C(=C\OC)C(=O)OC)C[C@H]3C1=Nc1cccc(OC)c12. The summed E-state index contributed by atoms with van der Waals surface area (Å²) in [6, 6.07) is 6.10. The second kappa shape index (κ2) is 9.85. The van der Waals surface area contributed by atoms with Crippen LogP contribution in [0.25, 0.3) is 0 Å². The zero-order valence-corrected chi connectivity index (χ0v) is 20.4. The van der Waals surface area contributed by atoms with E-state index in [4.69, 9.17) is 23.9 Å². The van der Waals surface area contributed by atoms with E-state index in [-0.39, 0.29) is 17.9 Å². The number of hydrogen-bond donors (Lipinski definition) is 0. The number of methoxy groups -OCH3 is 3. The molecule has 0 radical (unpaired) electrons. The summed E-state index contributed by atoms with van der Waals surface area (Å²) in [6.45, 7) is 6.78. The Hall–Kier alpha value is -2.38. The number of nitrogens with zero attached hydrogens (tertiary/aromatic N) is 2. The van der Waals surface area contributed by atoms with E-state index in [1.165, 1.54) is 7.11 Å². The number of benzene rings is 1. The van der Waals surface area contributed by atoms with Crippen LogP contribution in [-0.4, -0.2) is 63.6 Å². The molecule has 1 aromatic carbocycles. The first-order valence-corrected chi connectivity index (χ1v) is 12.0. The van der Waals surface area contributed by atoms with E-state index in [1.807, 2.05) is 18.2 Å². The number of carbonyl (C=O) groups excluding carboxylic acids is 1. The molecule has 4 atom stereocenters. The van der Waals surface area contributed by atoms with Crippen molar-refractivity contribution >= 4 is 17.4 Å². The maximum atomic E-state index is 12.7. The molecule has 180 valence electrons. The van der Waals surface area contributed by atoms with Crippen molar-refractivity contribution in [2.24, 2.45) is 16.8 Å². The van der Waals surface area contributed by atoms with Crippen LogP contribution in [-0.2, 0) is 24.6 Å². The Kier molecular flexibility index (Phi) is 7.10. The number of hydrogen-bond acceptors (Lipinski definition) is 7. The zero-order chi connectivity index (χ0) is 23.6. The molecule has 4 rings (SSSR count). The smallest absolute Gasteiger partial charge is 0.337 e. The fourth-order valence-corrected chi connectivity index (χ4v) is 5.92. The molecule has 0 amide bonds. The quantitative estimate of drug-likeness (QED) is 0.331. The van der Waals surface area contributed by atoms with Gasteiger partial charge < -0.3 is 18.9 Å². The van der Waals surface area contributed by atoms with E-state index in [0.29, 0.717) is 18.1 Å². The molecule has 0 N–H and O–H groups in total. The number of esters is 1. The van der Waals surface area contributed by atoms with Gasteiger partial charge in [-0.05, 0) is 43.2 Å². The highest BCUT2D eigenvalue weighted by Crippen LogP contribution is 2.53. The monoisotopic (exact) mass is 456 g/mol. The molecule has 0 unspecified atom stereocenters. The molecule has 3 aliphatic heterocycles. The van der Waals surface area contributed by atoms with Crippen molar-refractivity contribution in [1.82, 2.24) is 4.90 Å². The Morgan fingerprint density at radius 3 is 2.76 bits per heavy atom. The van der Waals surface area contributed by atoms with Gasteiger partial charge in [-0.1, -0.05) is 26.3 Å². The number of rotatable bonds is 8. The Bertz CT molecular complexity index is 943. The minimum absolute atomic E-state index is 0.0268. The van der Waals surface area contributed by atoms with Crippen molar-refractivity contribution in [1.29, 1.82) is 0 Å². The highest BCUT2D eigenvalue weighted by molar-refractivity contribution is 6.05. The van der Waals surface area contributed by atoms with Gasteiger partial charge in [0.15, 0.2) is 0 Å². The number of aliphatic imine (C=N–C) groups is 1. The third-order valence-electron chi connectivity index (χ3n) is 7.45. The summed E-state index contributed by atoms with van der Waals surface area (Å²) in [4.78, 5) is 20.3. The minimum atomic E-state index is -0.584. The fraction of sp³-hybridized carbons (Fsp3) is 0.615. The van der Waals surface area contributed by atoms with Crippen LogP contribution in [0.4, 0.5) is 5.69 Å². The number of fused-ring (bicyclic) bond motifs is 5. The third-order valence-corrected chi connectivity index (χ3v) is 7.45. The topological polar surface area (TPSA) is 69.6 Å².